The summed E-state index contributed by atoms with van der Waals surface area (Å²) in [5.74, 6) is 0.644. The Labute approximate surface area is 153 Å². The first-order valence-corrected chi connectivity index (χ1v) is 9.06. The fraction of sp³-hybridized carbons (Fsp3) is 0.450. The highest BCUT2D eigenvalue weighted by Crippen LogP contribution is 2.36. The highest BCUT2D eigenvalue weighted by Gasteiger charge is 2.45. The third-order valence-electron chi connectivity index (χ3n) is 5.05. The second-order valence-corrected chi connectivity index (χ2v) is 7.19. The molecule has 6 heteroatoms. The van der Waals surface area contributed by atoms with Crippen LogP contribution in [0.15, 0.2) is 42.9 Å². The van der Waals surface area contributed by atoms with E-state index in [-0.39, 0.29) is 17.6 Å². The van der Waals surface area contributed by atoms with Gasteiger partial charge in [0.05, 0.1) is 24.3 Å². The minimum Gasteiger partial charge on any atom is -0.472 e. The van der Waals surface area contributed by atoms with Crippen molar-refractivity contribution in [2.24, 2.45) is 0 Å². The number of hydrogen-bond acceptors (Lipinski definition) is 5. The third-order valence-corrected chi connectivity index (χ3v) is 5.05. The number of aryl methyl sites for hydroxylation is 1. The number of rotatable bonds is 3. The number of carbonyl (C=O) groups is 1. The van der Waals surface area contributed by atoms with Gasteiger partial charge in [-0.05, 0) is 37.5 Å². The number of carbonyl (C=O) groups excluding carboxylic acids is 1. The van der Waals surface area contributed by atoms with Crippen molar-refractivity contribution in [1.29, 1.82) is 0 Å². The van der Waals surface area contributed by atoms with Crippen molar-refractivity contribution in [3.05, 3.63) is 54.0 Å². The summed E-state index contributed by atoms with van der Waals surface area (Å²) >= 11 is 0. The van der Waals surface area contributed by atoms with Gasteiger partial charge >= 0.3 is 0 Å². The maximum absolute atomic E-state index is 12.9. The van der Waals surface area contributed by atoms with Gasteiger partial charge in [0.25, 0.3) is 5.91 Å². The Balaban J connectivity index is 1.42. The molecule has 0 unspecified atom stereocenters. The van der Waals surface area contributed by atoms with Crippen LogP contribution in [0.3, 0.4) is 0 Å². The molecular weight excluding hydrogens is 330 g/mol. The summed E-state index contributed by atoms with van der Waals surface area (Å²) in [5, 5.41) is 0. The standard InChI is InChI=1S/C20H23N3O3/c1-15-9-16(12-21-11-15)19(24)23-8-4-6-20(14-23)10-17(13-25-20)26-18-5-2-3-7-22-18/h2-3,5,7,9,11-12,17H,4,6,8,10,13-14H2,1H3/t17-,20+/m1/s1. The molecule has 26 heavy (non-hydrogen) atoms. The maximum Gasteiger partial charge on any atom is 0.255 e. The van der Waals surface area contributed by atoms with Crippen LogP contribution in [0.1, 0.15) is 35.2 Å². The molecule has 0 N–H and O–H groups in total. The van der Waals surface area contributed by atoms with Crippen LogP contribution in [0.25, 0.3) is 0 Å². The van der Waals surface area contributed by atoms with Crippen LogP contribution in [0.5, 0.6) is 5.88 Å². The lowest BCUT2D eigenvalue weighted by atomic mass is 9.89. The molecule has 2 atom stereocenters. The molecule has 2 aromatic heterocycles. The monoisotopic (exact) mass is 353 g/mol. The van der Waals surface area contributed by atoms with Gasteiger partial charge in [-0.25, -0.2) is 4.98 Å². The van der Waals surface area contributed by atoms with E-state index in [0.29, 0.717) is 24.6 Å². The first-order chi connectivity index (χ1) is 12.6. The molecule has 1 amide bonds. The van der Waals surface area contributed by atoms with E-state index in [1.165, 1.54) is 0 Å². The summed E-state index contributed by atoms with van der Waals surface area (Å²) in [7, 11) is 0. The molecule has 2 aliphatic rings. The largest absolute Gasteiger partial charge is 0.472 e. The Morgan fingerprint density at radius 2 is 2.31 bits per heavy atom. The van der Waals surface area contributed by atoms with Crippen molar-refractivity contribution in [3.63, 3.8) is 0 Å². The summed E-state index contributed by atoms with van der Waals surface area (Å²) in [6.07, 6.45) is 7.75. The minimum atomic E-state index is -0.315. The smallest absolute Gasteiger partial charge is 0.255 e. The highest BCUT2D eigenvalue weighted by atomic mass is 16.6. The first-order valence-electron chi connectivity index (χ1n) is 9.06. The van der Waals surface area contributed by atoms with Crippen molar-refractivity contribution in [1.82, 2.24) is 14.9 Å². The molecule has 136 valence electrons. The average Bonchev–Trinajstić information content (AvgIpc) is 3.03. The quantitative estimate of drug-likeness (QED) is 0.849. The molecule has 4 heterocycles. The highest BCUT2D eigenvalue weighted by molar-refractivity contribution is 5.94. The summed E-state index contributed by atoms with van der Waals surface area (Å²) in [4.78, 5) is 23.1. The molecule has 1 spiro atoms. The fourth-order valence-corrected chi connectivity index (χ4v) is 3.88. The lowest BCUT2D eigenvalue weighted by Gasteiger charge is -2.39. The topological polar surface area (TPSA) is 64.6 Å². The van der Waals surface area contributed by atoms with E-state index in [4.69, 9.17) is 9.47 Å². The van der Waals surface area contributed by atoms with Crippen LogP contribution < -0.4 is 4.74 Å². The van der Waals surface area contributed by atoms with Gasteiger partial charge in [-0.15, -0.1) is 0 Å². The lowest BCUT2D eigenvalue weighted by Crippen LogP contribution is -2.50. The summed E-state index contributed by atoms with van der Waals surface area (Å²) in [5.41, 5.74) is 1.31. The first kappa shape index (κ1) is 17.0. The predicted molar refractivity (Wildman–Crippen MR) is 96.1 cm³/mol. The molecule has 2 fully saturated rings. The maximum atomic E-state index is 12.9. The second kappa shape index (κ2) is 7.03. The Morgan fingerprint density at radius 1 is 1.38 bits per heavy atom. The number of ether oxygens (including phenoxy) is 2. The lowest BCUT2D eigenvalue weighted by molar-refractivity contribution is -0.0453. The van der Waals surface area contributed by atoms with E-state index < -0.39 is 0 Å². The Bertz CT molecular complexity index is 783. The van der Waals surface area contributed by atoms with Crippen molar-refractivity contribution in [3.8, 4) is 5.88 Å². The van der Waals surface area contributed by atoms with E-state index in [0.717, 1.165) is 31.4 Å². The molecule has 6 nitrogen and oxygen atoms in total. The van der Waals surface area contributed by atoms with Crippen molar-refractivity contribution < 1.29 is 14.3 Å². The van der Waals surface area contributed by atoms with E-state index in [2.05, 4.69) is 9.97 Å². The van der Waals surface area contributed by atoms with E-state index >= 15 is 0 Å². The van der Waals surface area contributed by atoms with Crippen molar-refractivity contribution >= 4 is 5.91 Å². The van der Waals surface area contributed by atoms with Gasteiger partial charge in [0.2, 0.25) is 5.88 Å². The Morgan fingerprint density at radius 3 is 3.12 bits per heavy atom. The third kappa shape index (κ3) is 3.55. The summed E-state index contributed by atoms with van der Waals surface area (Å²) in [6.45, 7) is 3.83. The fourth-order valence-electron chi connectivity index (χ4n) is 3.88. The van der Waals surface area contributed by atoms with Gasteiger partial charge in [-0.2, -0.15) is 0 Å². The zero-order valence-corrected chi connectivity index (χ0v) is 14.9. The Hall–Kier alpha value is -2.47. The Kier molecular flexibility index (Phi) is 4.59. The van der Waals surface area contributed by atoms with Gasteiger partial charge in [0.15, 0.2) is 0 Å². The molecule has 0 radical (unpaired) electrons. The summed E-state index contributed by atoms with van der Waals surface area (Å²) < 4.78 is 12.1. The molecule has 0 aliphatic carbocycles. The van der Waals surface area contributed by atoms with Crippen molar-refractivity contribution in [2.75, 3.05) is 19.7 Å². The van der Waals surface area contributed by atoms with Gasteiger partial charge in [-0.1, -0.05) is 6.07 Å². The van der Waals surface area contributed by atoms with Crippen molar-refractivity contribution in [2.45, 2.75) is 37.9 Å². The van der Waals surface area contributed by atoms with Gasteiger partial charge in [-0.3, -0.25) is 9.78 Å². The zero-order chi connectivity index (χ0) is 18.0. The van der Waals surface area contributed by atoms with E-state index in [9.17, 15) is 4.79 Å². The van der Waals surface area contributed by atoms with Gasteiger partial charge in [0.1, 0.15) is 6.10 Å². The predicted octanol–water partition coefficient (Wildman–Crippen LogP) is 2.63. The number of aromatic nitrogens is 2. The molecular formula is C20H23N3O3. The van der Waals surface area contributed by atoms with E-state index in [1.54, 1.807) is 18.6 Å². The molecule has 2 aromatic rings. The SMILES string of the molecule is Cc1cncc(C(=O)N2CCC[C@]3(C[C@@H](Oc4ccccn4)CO3)C2)c1. The number of amides is 1. The molecule has 2 aliphatic heterocycles. The molecule has 4 rings (SSSR count). The van der Waals surface area contributed by atoms with E-state index in [1.807, 2.05) is 36.1 Å². The number of likely N-dealkylation sites (tertiary alicyclic amines) is 1. The van der Waals surface area contributed by atoms with Crippen LogP contribution in [-0.2, 0) is 4.74 Å². The molecule has 0 saturated carbocycles. The number of pyridine rings is 2. The van der Waals surface area contributed by atoms with Crippen LogP contribution in [0.2, 0.25) is 0 Å². The minimum absolute atomic E-state index is 0.0259. The number of hydrogen-bond donors (Lipinski definition) is 0. The van der Waals surface area contributed by atoms with Crippen LogP contribution in [0, 0.1) is 6.92 Å². The van der Waals surface area contributed by atoms with Crippen LogP contribution in [0.4, 0.5) is 0 Å². The number of nitrogens with zero attached hydrogens (tertiary/aromatic N) is 3. The summed E-state index contributed by atoms with van der Waals surface area (Å²) in [6, 6.07) is 7.51. The number of piperidine rings is 1. The zero-order valence-electron chi connectivity index (χ0n) is 14.9. The van der Waals surface area contributed by atoms with Gasteiger partial charge in [0, 0.05) is 37.6 Å². The van der Waals surface area contributed by atoms with Gasteiger partial charge < -0.3 is 14.4 Å². The average molecular weight is 353 g/mol. The normalized spacial score (nSPS) is 25.4. The van der Waals surface area contributed by atoms with Crippen LogP contribution in [-0.4, -0.2) is 52.2 Å². The second-order valence-electron chi connectivity index (χ2n) is 7.19. The molecule has 2 saturated heterocycles. The van der Waals surface area contributed by atoms with Crippen LogP contribution >= 0.6 is 0 Å². The molecule has 0 aromatic carbocycles. The molecule has 0 bridgehead atoms.